The minimum atomic E-state index is -0.379. The summed E-state index contributed by atoms with van der Waals surface area (Å²) in [5.74, 6) is 0.659. The molecule has 1 aliphatic rings. The summed E-state index contributed by atoms with van der Waals surface area (Å²) in [5.41, 5.74) is 14.9. The third-order valence-electron chi connectivity index (χ3n) is 11.8. The molecule has 0 saturated carbocycles. The van der Waals surface area contributed by atoms with E-state index in [1.165, 1.54) is 11.1 Å². The summed E-state index contributed by atoms with van der Waals surface area (Å²) in [6.45, 7) is 0. The van der Waals surface area contributed by atoms with Gasteiger partial charge in [-0.3, -0.25) is 0 Å². The van der Waals surface area contributed by atoms with Crippen molar-refractivity contribution in [3.63, 3.8) is 0 Å². The van der Waals surface area contributed by atoms with Gasteiger partial charge in [-0.15, -0.1) is 0 Å². The lowest BCUT2D eigenvalue weighted by molar-refractivity contribution is 0.570. The first-order chi connectivity index (χ1) is 31.6. The molecule has 0 spiro atoms. The standard InChI is InChI=1S/C59H39N3O2/c63-59-52-35-45(43-23-14-26-49(34-43)56-38-55(41-19-9-3-10-20-41)61-58(62-56)42-21-11-4-12-22-42)27-30-50(52)51-31-28-47(37-57(51)64-59)44-24-13-25-48(33-44)53-32-29-46(39-15-5-1-6-16-39)36-54(60-53)40-17-7-2-8-18-40/h1-28,30-38H,29H2. The molecule has 3 heterocycles. The van der Waals surface area contributed by atoms with Crippen molar-refractivity contribution in [3.05, 3.63) is 252 Å². The van der Waals surface area contributed by atoms with Gasteiger partial charge in [0, 0.05) is 33.2 Å². The van der Waals surface area contributed by atoms with Crippen LogP contribution < -0.4 is 5.63 Å². The number of nitrogens with zero attached hydrogens (tertiary/aromatic N) is 3. The molecule has 0 N–H and O–H groups in total. The lowest BCUT2D eigenvalue weighted by Gasteiger charge is -2.11. The molecule has 2 aromatic heterocycles. The normalized spacial score (nSPS) is 12.7. The molecule has 302 valence electrons. The quantitative estimate of drug-likeness (QED) is 0.113. The molecule has 11 rings (SSSR count). The van der Waals surface area contributed by atoms with Crippen molar-refractivity contribution in [2.75, 3.05) is 0 Å². The summed E-state index contributed by atoms with van der Waals surface area (Å²) in [4.78, 5) is 29.0. The van der Waals surface area contributed by atoms with Gasteiger partial charge in [-0.05, 0) is 87.7 Å². The van der Waals surface area contributed by atoms with Gasteiger partial charge in [0.1, 0.15) is 5.58 Å². The molecule has 0 saturated heterocycles. The smallest absolute Gasteiger partial charge is 0.344 e. The van der Waals surface area contributed by atoms with Gasteiger partial charge in [-0.2, -0.15) is 0 Å². The lowest BCUT2D eigenvalue weighted by Crippen LogP contribution is -2.00. The second kappa shape index (κ2) is 16.7. The van der Waals surface area contributed by atoms with Crippen LogP contribution in [0.2, 0.25) is 0 Å². The van der Waals surface area contributed by atoms with E-state index < -0.39 is 0 Å². The van der Waals surface area contributed by atoms with Crippen molar-refractivity contribution in [1.82, 2.24) is 9.97 Å². The highest BCUT2D eigenvalue weighted by atomic mass is 16.4. The van der Waals surface area contributed by atoms with Gasteiger partial charge in [0.2, 0.25) is 0 Å². The summed E-state index contributed by atoms with van der Waals surface area (Å²) < 4.78 is 6.10. The fourth-order valence-electron chi connectivity index (χ4n) is 8.51. The maximum atomic E-state index is 13.8. The lowest BCUT2D eigenvalue weighted by atomic mass is 9.96. The average molecular weight is 822 g/mol. The Morgan fingerprint density at radius 3 is 1.59 bits per heavy atom. The molecular formula is C59H39N3O2. The zero-order valence-electron chi connectivity index (χ0n) is 34.7. The highest BCUT2D eigenvalue weighted by molar-refractivity contribution is 6.15. The van der Waals surface area contributed by atoms with Crippen LogP contribution in [0, 0.1) is 0 Å². The second-order valence-electron chi connectivity index (χ2n) is 15.9. The zero-order valence-corrected chi connectivity index (χ0v) is 34.7. The van der Waals surface area contributed by atoms with E-state index in [0.717, 1.165) is 90.1 Å². The van der Waals surface area contributed by atoms with Gasteiger partial charge in [0.15, 0.2) is 5.82 Å². The number of rotatable bonds is 8. The van der Waals surface area contributed by atoms with Gasteiger partial charge < -0.3 is 4.42 Å². The van der Waals surface area contributed by atoms with Crippen LogP contribution in [-0.4, -0.2) is 15.7 Å². The van der Waals surface area contributed by atoms with E-state index in [9.17, 15) is 4.79 Å². The van der Waals surface area contributed by atoms with Crippen molar-refractivity contribution in [2.24, 2.45) is 4.99 Å². The number of fused-ring (bicyclic) bond motifs is 3. The first kappa shape index (κ1) is 38.4. The minimum Gasteiger partial charge on any atom is -0.422 e. The minimum absolute atomic E-state index is 0.379. The van der Waals surface area contributed by atoms with Crippen LogP contribution in [0.1, 0.15) is 23.1 Å². The molecule has 0 bridgehead atoms. The predicted octanol–water partition coefficient (Wildman–Crippen LogP) is 14.4. The maximum Gasteiger partial charge on any atom is 0.344 e. The molecular weight excluding hydrogens is 783 g/mol. The Labute approximate surface area is 370 Å². The molecule has 10 aromatic rings. The van der Waals surface area contributed by atoms with Gasteiger partial charge in [-0.25, -0.2) is 19.8 Å². The van der Waals surface area contributed by atoms with Crippen LogP contribution in [0.4, 0.5) is 0 Å². The molecule has 8 aromatic carbocycles. The van der Waals surface area contributed by atoms with Gasteiger partial charge in [-0.1, -0.05) is 182 Å². The Morgan fingerprint density at radius 1 is 0.391 bits per heavy atom. The van der Waals surface area contributed by atoms with E-state index in [1.807, 2.05) is 103 Å². The van der Waals surface area contributed by atoms with Crippen LogP contribution in [0.5, 0.6) is 0 Å². The first-order valence-electron chi connectivity index (χ1n) is 21.4. The predicted molar refractivity (Wildman–Crippen MR) is 263 cm³/mol. The highest BCUT2D eigenvalue weighted by Crippen LogP contribution is 2.35. The largest absolute Gasteiger partial charge is 0.422 e. The number of benzene rings is 8. The van der Waals surface area contributed by atoms with E-state index >= 15 is 0 Å². The van der Waals surface area contributed by atoms with Crippen molar-refractivity contribution < 1.29 is 4.42 Å². The molecule has 5 heteroatoms. The van der Waals surface area contributed by atoms with Crippen LogP contribution in [0.15, 0.2) is 239 Å². The first-order valence-corrected chi connectivity index (χ1v) is 21.4. The molecule has 0 amide bonds. The molecule has 0 aliphatic carbocycles. The number of aromatic nitrogens is 2. The molecule has 0 unspecified atom stereocenters. The van der Waals surface area contributed by atoms with Crippen molar-refractivity contribution in [3.8, 4) is 56.2 Å². The van der Waals surface area contributed by atoms with Crippen LogP contribution in [-0.2, 0) is 0 Å². The summed E-state index contributed by atoms with van der Waals surface area (Å²) in [5, 5.41) is 2.25. The third-order valence-corrected chi connectivity index (χ3v) is 11.8. The molecule has 1 aliphatic heterocycles. The zero-order chi connectivity index (χ0) is 42.8. The topological polar surface area (TPSA) is 68.3 Å². The number of allylic oxidation sites excluding steroid dienone is 3. The Morgan fingerprint density at radius 2 is 0.906 bits per heavy atom. The van der Waals surface area contributed by atoms with E-state index in [4.69, 9.17) is 19.4 Å². The average Bonchev–Trinajstić information content (AvgIpc) is 3.61. The SMILES string of the molecule is O=c1oc2cc(-c3cccc(C4=CCC(c5ccccc5)=CC(c5ccccc5)=N4)c3)ccc2c2ccc(-c3cccc(-c4cc(-c5ccccc5)nc(-c5ccccc5)n4)c3)cc12. The monoisotopic (exact) mass is 821 g/mol. The number of hydrogen-bond acceptors (Lipinski definition) is 5. The Hall–Kier alpha value is -8.54. The Kier molecular flexibility index (Phi) is 10.0. The van der Waals surface area contributed by atoms with E-state index in [1.54, 1.807) is 0 Å². The molecule has 5 nitrogen and oxygen atoms in total. The molecule has 0 radical (unpaired) electrons. The number of hydrogen-bond donors (Lipinski definition) is 0. The maximum absolute atomic E-state index is 13.8. The highest BCUT2D eigenvalue weighted by Gasteiger charge is 2.16. The summed E-state index contributed by atoms with van der Waals surface area (Å²) in [6, 6.07) is 71.9. The van der Waals surface area contributed by atoms with Crippen LogP contribution in [0.25, 0.3) is 89.2 Å². The van der Waals surface area contributed by atoms with E-state index in [-0.39, 0.29) is 5.63 Å². The summed E-state index contributed by atoms with van der Waals surface area (Å²) in [6.07, 6.45) is 5.16. The molecule has 64 heavy (non-hydrogen) atoms. The fraction of sp³-hybridized carbons (Fsp3) is 0.0169. The summed E-state index contributed by atoms with van der Waals surface area (Å²) >= 11 is 0. The van der Waals surface area contributed by atoms with E-state index in [2.05, 4.69) is 121 Å². The molecule has 0 fully saturated rings. The van der Waals surface area contributed by atoms with E-state index in [0.29, 0.717) is 16.8 Å². The third kappa shape index (κ3) is 7.67. The second-order valence-corrected chi connectivity index (χ2v) is 15.9. The van der Waals surface area contributed by atoms with Crippen molar-refractivity contribution in [2.45, 2.75) is 6.42 Å². The van der Waals surface area contributed by atoms with Gasteiger partial charge in [0.05, 0.1) is 28.2 Å². The fourth-order valence-corrected chi connectivity index (χ4v) is 8.51. The van der Waals surface area contributed by atoms with Crippen LogP contribution in [0.3, 0.4) is 0 Å². The van der Waals surface area contributed by atoms with Gasteiger partial charge in [0.25, 0.3) is 0 Å². The molecule has 0 atom stereocenters. The van der Waals surface area contributed by atoms with Gasteiger partial charge >= 0.3 is 5.63 Å². The van der Waals surface area contributed by atoms with Crippen molar-refractivity contribution >= 4 is 38.7 Å². The van der Waals surface area contributed by atoms with Crippen LogP contribution >= 0.6 is 0 Å². The summed E-state index contributed by atoms with van der Waals surface area (Å²) in [7, 11) is 0. The van der Waals surface area contributed by atoms with Crippen molar-refractivity contribution in [1.29, 1.82) is 0 Å². The number of aliphatic imine (C=N–C) groups is 1. The Bertz CT molecular complexity index is 3460. The Balaban J connectivity index is 0.919.